The summed E-state index contributed by atoms with van der Waals surface area (Å²) >= 11 is 0. The molecule has 0 spiro atoms. The van der Waals surface area contributed by atoms with E-state index in [1.165, 1.54) is 6.08 Å². The number of carbonyl (C=O) groups is 1. The van der Waals surface area contributed by atoms with Crippen molar-refractivity contribution in [1.82, 2.24) is 9.97 Å². The van der Waals surface area contributed by atoms with Crippen molar-refractivity contribution < 1.29 is 9.53 Å². The summed E-state index contributed by atoms with van der Waals surface area (Å²) in [6.45, 7) is 4.24. The van der Waals surface area contributed by atoms with E-state index in [4.69, 9.17) is 9.72 Å². The van der Waals surface area contributed by atoms with Gasteiger partial charge in [0.2, 0.25) is 5.88 Å². The van der Waals surface area contributed by atoms with Crippen LogP contribution in [-0.2, 0) is 11.4 Å². The second-order valence-corrected chi connectivity index (χ2v) is 7.66. The number of nitrogens with zero attached hydrogens (tertiary/aromatic N) is 3. The third-order valence-corrected chi connectivity index (χ3v) is 5.24. The van der Waals surface area contributed by atoms with Crippen LogP contribution >= 0.6 is 0 Å². The highest BCUT2D eigenvalue weighted by Gasteiger charge is 2.20. The zero-order valence-electron chi connectivity index (χ0n) is 19.2. The summed E-state index contributed by atoms with van der Waals surface area (Å²) in [4.78, 5) is 22.6. The Kier molecular flexibility index (Phi) is 7.30. The van der Waals surface area contributed by atoms with Gasteiger partial charge >= 0.3 is 0 Å². The molecule has 0 bridgehead atoms. The minimum Gasteiger partial charge on any atom is -0.471 e. The highest BCUT2D eigenvalue weighted by atomic mass is 16.5. The fourth-order valence-electron chi connectivity index (χ4n) is 3.62. The second-order valence-electron chi connectivity index (χ2n) is 7.66. The monoisotopic (exact) mass is 450 g/mol. The molecule has 0 aliphatic rings. The number of aldehydes is 1. The van der Waals surface area contributed by atoms with Gasteiger partial charge in [-0.15, -0.1) is 0 Å². The first-order valence-electron chi connectivity index (χ1n) is 11.0. The Bertz CT molecular complexity index is 1260. The number of anilines is 3. The van der Waals surface area contributed by atoms with Gasteiger partial charge in [-0.3, -0.25) is 14.7 Å². The summed E-state index contributed by atoms with van der Waals surface area (Å²) in [5.41, 5.74) is 5.26. The van der Waals surface area contributed by atoms with E-state index in [-0.39, 0.29) is 6.61 Å². The van der Waals surface area contributed by atoms with Crippen molar-refractivity contribution in [2.45, 2.75) is 20.5 Å². The minimum atomic E-state index is 0.277. The number of benzene rings is 2. The van der Waals surface area contributed by atoms with E-state index in [2.05, 4.69) is 10.3 Å². The fourth-order valence-corrected chi connectivity index (χ4v) is 3.62. The third-order valence-electron chi connectivity index (χ3n) is 5.24. The smallest absolute Gasteiger partial charge is 0.213 e. The Morgan fingerprint density at radius 3 is 2.35 bits per heavy atom. The molecule has 0 unspecified atom stereocenters. The molecule has 4 rings (SSSR count). The molecule has 0 aliphatic heterocycles. The first-order chi connectivity index (χ1) is 16.7. The van der Waals surface area contributed by atoms with Gasteiger partial charge in [0.05, 0.1) is 11.4 Å². The maximum absolute atomic E-state index is 11.7. The van der Waals surface area contributed by atoms with E-state index in [9.17, 15) is 4.79 Å². The van der Waals surface area contributed by atoms with Crippen LogP contribution in [0.3, 0.4) is 0 Å². The number of pyridine rings is 2. The third kappa shape index (κ3) is 5.48. The Morgan fingerprint density at radius 1 is 0.971 bits per heavy atom. The molecule has 0 radical (unpaired) electrons. The van der Waals surface area contributed by atoms with Crippen LogP contribution in [0.2, 0.25) is 0 Å². The number of aryl methyl sites for hydroxylation is 1. The first kappa shape index (κ1) is 22.7. The molecule has 2 aromatic heterocycles. The van der Waals surface area contributed by atoms with Crippen LogP contribution in [-0.4, -0.2) is 16.3 Å². The molecular weight excluding hydrogens is 424 g/mol. The lowest BCUT2D eigenvalue weighted by Gasteiger charge is -2.30. The molecule has 0 saturated heterocycles. The number of para-hydroxylation sites is 2. The van der Waals surface area contributed by atoms with Gasteiger partial charge in [-0.1, -0.05) is 42.5 Å². The van der Waals surface area contributed by atoms with Gasteiger partial charge in [-0.25, -0.2) is 4.98 Å². The minimum absolute atomic E-state index is 0.277. The number of allylic oxidation sites excluding steroid dienone is 1. The van der Waals surface area contributed by atoms with Crippen molar-refractivity contribution in [3.05, 3.63) is 120 Å². The number of hydrogen-bond donors (Lipinski definition) is 1. The molecule has 0 aliphatic carbocycles. The average molecular weight is 451 g/mol. The summed E-state index contributed by atoms with van der Waals surface area (Å²) in [5.74, 6) is 1.16. The topological polar surface area (TPSA) is 67.4 Å². The summed E-state index contributed by atoms with van der Waals surface area (Å²) in [6, 6.07) is 27.2. The zero-order valence-corrected chi connectivity index (χ0v) is 19.2. The van der Waals surface area contributed by atoms with E-state index in [0.717, 1.165) is 40.3 Å². The second kappa shape index (κ2) is 10.9. The van der Waals surface area contributed by atoms with Gasteiger partial charge in [0.1, 0.15) is 18.7 Å². The van der Waals surface area contributed by atoms with Gasteiger partial charge < -0.3 is 10.1 Å². The van der Waals surface area contributed by atoms with E-state index in [1.807, 2.05) is 104 Å². The number of rotatable bonds is 9. The SMILES string of the molecule is Cc1cc(N(/C(=C\C=O)Nc2ccccc2)c2ccccc2)c(C)c(COc2ccccn2)n1. The summed E-state index contributed by atoms with van der Waals surface area (Å²) in [7, 11) is 0. The fraction of sp³-hybridized carbons (Fsp3) is 0.107. The van der Waals surface area contributed by atoms with Crippen molar-refractivity contribution in [2.75, 3.05) is 10.2 Å². The van der Waals surface area contributed by atoms with Crippen molar-refractivity contribution in [3.8, 4) is 5.88 Å². The molecule has 4 aromatic rings. The van der Waals surface area contributed by atoms with Gasteiger partial charge in [-0.05, 0) is 55.8 Å². The molecule has 2 heterocycles. The number of carbonyl (C=O) groups excluding carboxylic acids is 1. The van der Waals surface area contributed by atoms with Crippen molar-refractivity contribution in [3.63, 3.8) is 0 Å². The van der Waals surface area contributed by atoms with Crippen LogP contribution < -0.4 is 15.0 Å². The Morgan fingerprint density at radius 2 is 1.68 bits per heavy atom. The predicted molar refractivity (Wildman–Crippen MR) is 135 cm³/mol. The number of nitrogens with one attached hydrogen (secondary N) is 1. The number of hydrogen-bond acceptors (Lipinski definition) is 6. The van der Waals surface area contributed by atoms with Gasteiger partial charge in [0.15, 0.2) is 0 Å². The Balaban J connectivity index is 1.77. The van der Waals surface area contributed by atoms with Gasteiger partial charge in [-0.2, -0.15) is 0 Å². The molecule has 6 nitrogen and oxygen atoms in total. The zero-order chi connectivity index (χ0) is 23.8. The first-order valence-corrected chi connectivity index (χ1v) is 11.0. The van der Waals surface area contributed by atoms with Crippen molar-refractivity contribution >= 4 is 23.3 Å². The summed E-state index contributed by atoms with van der Waals surface area (Å²) in [6.07, 6.45) is 4.01. The maximum atomic E-state index is 11.7. The number of aromatic nitrogens is 2. The quantitative estimate of drug-likeness (QED) is 0.251. The van der Waals surface area contributed by atoms with Gasteiger partial charge in [0.25, 0.3) is 0 Å². The van der Waals surface area contributed by atoms with Crippen LogP contribution in [0, 0.1) is 13.8 Å². The lowest BCUT2D eigenvalue weighted by molar-refractivity contribution is -0.104. The standard InChI is InChI=1S/C28H26N4O2/c1-21-19-26(22(2)25(30-21)20-34-28-15-9-10-17-29-28)32(24-13-7-4-8-14-24)27(16-18-33)31-23-11-5-3-6-12-23/h3-19,31H,20H2,1-2H3/b27-16-. The Labute approximate surface area is 199 Å². The molecule has 1 N–H and O–H groups in total. The summed E-state index contributed by atoms with van der Waals surface area (Å²) < 4.78 is 5.89. The van der Waals surface area contributed by atoms with Crippen LogP contribution in [0.25, 0.3) is 0 Å². The van der Waals surface area contributed by atoms with Crippen LogP contribution in [0.4, 0.5) is 17.1 Å². The molecule has 0 amide bonds. The molecule has 0 atom stereocenters. The lowest BCUT2D eigenvalue weighted by atomic mass is 10.1. The predicted octanol–water partition coefficient (Wildman–Crippen LogP) is 5.96. The van der Waals surface area contributed by atoms with E-state index >= 15 is 0 Å². The lowest BCUT2D eigenvalue weighted by Crippen LogP contribution is -2.24. The van der Waals surface area contributed by atoms with Gasteiger partial charge in [0, 0.05) is 35.4 Å². The van der Waals surface area contributed by atoms with Crippen LogP contribution in [0.15, 0.2) is 103 Å². The van der Waals surface area contributed by atoms with Crippen LogP contribution in [0.1, 0.15) is 17.0 Å². The van der Waals surface area contributed by atoms with E-state index in [0.29, 0.717) is 11.7 Å². The molecule has 0 saturated carbocycles. The molecule has 170 valence electrons. The molecule has 0 fully saturated rings. The largest absolute Gasteiger partial charge is 0.471 e. The van der Waals surface area contributed by atoms with Crippen molar-refractivity contribution in [2.24, 2.45) is 0 Å². The molecule has 6 heteroatoms. The highest BCUT2D eigenvalue weighted by molar-refractivity contribution is 5.78. The highest BCUT2D eigenvalue weighted by Crippen LogP contribution is 2.34. The molecular formula is C28H26N4O2. The van der Waals surface area contributed by atoms with Crippen LogP contribution in [0.5, 0.6) is 5.88 Å². The Hall–Kier alpha value is -4.45. The number of ether oxygens (including phenoxy) is 1. The summed E-state index contributed by atoms with van der Waals surface area (Å²) in [5, 5.41) is 3.40. The molecule has 34 heavy (non-hydrogen) atoms. The van der Waals surface area contributed by atoms with Crippen molar-refractivity contribution in [1.29, 1.82) is 0 Å². The normalized spacial score (nSPS) is 11.1. The average Bonchev–Trinajstić information content (AvgIpc) is 2.87. The molecule has 2 aromatic carbocycles. The maximum Gasteiger partial charge on any atom is 0.213 e. The van der Waals surface area contributed by atoms with E-state index in [1.54, 1.807) is 6.20 Å². The van der Waals surface area contributed by atoms with E-state index < -0.39 is 0 Å².